The normalized spacial score (nSPS) is 18.9. The molecule has 184 valence electrons. The standard InChI is InChI=1S/C24H27N5O6/c1-2-3-4-18(30)25-13-15-5-8-17(9-6-15)35-19-10-7-16(14-26-19)29-20(31)11-12-24(29)21(32)27-23(34)28-22(24)33/h5-10,14,20,31H,2-4,11-13H2,1H3,(H,25,30)(H2,27,28,32,33,34). The van der Waals surface area contributed by atoms with Crippen LogP contribution in [0.4, 0.5) is 10.5 Å². The number of barbiturate groups is 1. The summed E-state index contributed by atoms with van der Waals surface area (Å²) in [4.78, 5) is 54.0. The van der Waals surface area contributed by atoms with E-state index in [0.29, 0.717) is 24.4 Å². The summed E-state index contributed by atoms with van der Waals surface area (Å²) in [6.45, 7) is 2.47. The highest BCUT2D eigenvalue weighted by Crippen LogP contribution is 2.39. The molecule has 2 saturated heterocycles. The number of nitrogens with zero attached hydrogens (tertiary/aromatic N) is 2. The van der Waals surface area contributed by atoms with Gasteiger partial charge >= 0.3 is 6.03 Å². The maximum Gasteiger partial charge on any atom is 0.328 e. The van der Waals surface area contributed by atoms with Gasteiger partial charge in [0, 0.05) is 19.0 Å². The molecule has 1 aromatic heterocycles. The molecule has 35 heavy (non-hydrogen) atoms. The van der Waals surface area contributed by atoms with Gasteiger partial charge < -0.3 is 20.1 Å². The number of anilines is 1. The van der Waals surface area contributed by atoms with Gasteiger partial charge in [0.2, 0.25) is 17.3 Å². The summed E-state index contributed by atoms with van der Waals surface area (Å²) >= 11 is 0. The Kier molecular flexibility index (Phi) is 6.97. The molecule has 1 atom stereocenters. The van der Waals surface area contributed by atoms with Gasteiger partial charge in [-0.2, -0.15) is 0 Å². The minimum atomic E-state index is -1.74. The van der Waals surface area contributed by atoms with Gasteiger partial charge in [-0.25, -0.2) is 9.78 Å². The predicted octanol–water partition coefficient (Wildman–Crippen LogP) is 1.70. The lowest BCUT2D eigenvalue weighted by Crippen LogP contribution is -2.72. The van der Waals surface area contributed by atoms with E-state index in [1.165, 1.54) is 11.1 Å². The van der Waals surface area contributed by atoms with Crippen molar-refractivity contribution in [1.29, 1.82) is 0 Å². The molecule has 2 aliphatic heterocycles. The molecule has 1 unspecified atom stereocenters. The number of hydrogen-bond acceptors (Lipinski definition) is 8. The van der Waals surface area contributed by atoms with Crippen LogP contribution in [0.5, 0.6) is 11.6 Å². The number of aromatic nitrogens is 1. The van der Waals surface area contributed by atoms with Crippen molar-refractivity contribution < 1.29 is 29.0 Å². The van der Waals surface area contributed by atoms with Crippen molar-refractivity contribution in [3.63, 3.8) is 0 Å². The number of rotatable bonds is 8. The quantitative estimate of drug-likeness (QED) is 0.416. The number of amides is 5. The Morgan fingerprint density at radius 1 is 1.17 bits per heavy atom. The van der Waals surface area contributed by atoms with Crippen molar-refractivity contribution in [3.8, 4) is 11.6 Å². The van der Waals surface area contributed by atoms with Gasteiger partial charge in [-0.15, -0.1) is 0 Å². The molecule has 4 N–H and O–H groups in total. The Hall–Kier alpha value is -3.99. The van der Waals surface area contributed by atoms with Gasteiger partial charge in [0.15, 0.2) is 0 Å². The number of unbranched alkanes of at least 4 members (excludes halogenated alkanes) is 1. The highest BCUT2D eigenvalue weighted by Gasteiger charge is 2.60. The van der Waals surface area contributed by atoms with Crippen molar-refractivity contribution in [2.24, 2.45) is 0 Å². The number of aliphatic hydroxyl groups is 1. The first-order valence-corrected chi connectivity index (χ1v) is 11.5. The zero-order valence-corrected chi connectivity index (χ0v) is 19.2. The smallest absolute Gasteiger partial charge is 0.328 e. The Balaban J connectivity index is 1.42. The number of aliphatic hydroxyl groups excluding tert-OH is 1. The molecule has 0 saturated carbocycles. The van der Waals surface area contributed by atoms with Crippen LogP contribution in [0.25, 0.3) is 0 Å². The topological polar surface area (TPSA) is 150 Å². The number of carbonyl (C=O) groups excluding carboxylic acids is 4. The largest absolute Gasteiger partial charge is 0.439 e. The second-order valence-corrected chi connectivity index (χ2v) is 8.47. The number of carbonyl (C=O) groups is 4. The van der Waals surface area contributed by atoms with E-state index in [1.54, 1.807) is 24.3 Å². The lowest BCUT2D eigenvalue weighted by Gasteiger charge is -2.40. The molecule has 2 aromatic rings. The predicted molar refractivity (Wildman–Crippen MR) is 124 cm³/mol. The van der Waals surface area contributed by atoms with Crippen molar-refractivity contribution in [3.05, 3.63) is 48.2 Å². The fourth-order valence-electron chi connectivity index (χ4n) is 4.23. The summed E-state index contributed by atoms with van der Waals surface area (Å²) in [6, 6.07) is 9.45. The maximum atomic E-state index is 12.6. The van der Waals surface area contributed by atoms with Crippen molar-refractivity contribution in [2.75, 3.05) is 4.90 Å². The number of urea groups is 1. The van der Waals surface area contributed by atoms with Gasteiger partial charge in [0.1, 0.15) is 12.0 Å². The first-order chi connectivity index (χ1) is 16.8. The van der Waals surface area contributed by atoms with Gasteiger partial charge in [-0.3, -0.25) is 25.0 Å². The molecule has 5 amide bonds. The third-order valence-corrected chi connectivity index (χ3v) is 6.07. The van der Waals surface area contributed by atoms with Crippen LogP contribution in [0, 0.1) is 0 Å². The number of pyridine rings is 1. The van der Waals surface area contributed by atoms with Crippen molar-refractivity contribution in [2.45, 2.75) is 57.3 Å². The third kappa shape index (κ3) is 4.94. The Morgan fingerprint density at radius 3 is 2.51 bits per heavy atom. The second-order valence-electron chi connectivity index (χ2n) is 8.47. The molecule has 0 radical (unpaired) electrons. The molecule has 0 aliphatic carbocycles. The minimum absolute atomic E-state index is 0.0242. The highest BCUT2D eigenvalue weighted by molar-refractivity contribution is 6.24. The summed E-state index contributed by atoms with van der Waals surface area (Å²) in [5.74, 6) is -0.746. The van der Waals surface area contributed by atoms with Crippen LogP contribution >= 0.6 is 0 Å². The summed E-state index contributed by atoms with van der Waals surface area (Å²) in [5.41, 5.74) is -0.475. The summed E-state index contributed by atoms with van der Waals surface area (Å²) in [5, 5.41) is 17.6. The van der Waals surface area contributed by atoms with Crippen LogP contribution in [0.1, 0.15) is 44.6 Å². The van der Waals surface area contributed by atoms with Crippen LogP contribution < -0.4 is 25.6 Å². The van der Waals surface area contributed by atoms with Crippen LogP contribution in [-0.2, 0) is 20.9 Å². The summed E-state index contributed by atoms with van der Waals surface area (Å²) in [7, 11) is 0. The molecule has 1 spiro atoms. The Labute approximate surface area is 201 Å². The average molecular weight is 482 g/mol. The highest BCUT2D eigenvalue weighted by atomic mass is 16.5. The lowest BCUT2D eigenvalue weighted by molar-refractivity contribution is -0.137. The van der Waals surface area contributed by atoms with E-state index < -0.39 is 29.6 Å². The Morgan fingerprint density at radius 2 is 1.89 bits per heavy atom. The van der Waals surface area contributed by atoms with Gasteiger partial charge in [-0.05, 0) is 43.0 Å². The average Bonchev–Trinajstić information content (AvgIpc) is 3.19. The molecule has 11 heteroatoms. The van der Waals surface area contributed by atoms with Gasteiger partial charge in [-0.1, -0.05) is 25.5 Å². The third-order valence-electron chi connectivity index (χ3n) is 6.07. The Bertz CT molecular complexity index is 1100. The van der Waals surface area contributed by atoms with Crippen LogP contribution in [-0.4, -0.2) is 45.6 Å². The molecule has 4 rings (SSSR count). The van der Waals surface area contributed by atoms with Crippen LogP contribution in [0.15, 0.2) is 42.6 Å². The first-order valence-electron chi connectivity index (χ1n) is 11.5. The van der Waals surface area contributed by atoms with Crippen molar-refractivity contribution in [1.82, 2.24) is 20.9 Å². The van der Waals surface area contributed by atoms with Crippen LogP contribution in [0.2, 0.25) is 0 Å². The maximum absolute atomic E-state index is 12.6. The number of benzene rings is 1. The number of hydrogen-bond donors (Lipinski definition) is 4. The van der Waals surface area contributed by atoms with E-state index in [-0.39, 0.29) is 24.6 Å². The molecule has 2 aliphatic rings. The SMILES string of the molecule is CCCCC(=O)NCc1ccc(Oc2ccc(N3C(O)CCC34C(=O)NC(=O)NC4=O)cn2)cc1. The fraction of sp³-hybridized carbons (Fsp3) is 0.375. The van der Waals surface area contributed by atoms with Crippen molar-refractivity contribution >= 4 is 29.4 Å². The zero-order valence-electron chi connectivity index (χ0n) is 19.2. The molecule has 3 heterocycles. The fourth-order valence-corrected chi connectivity index (χ4v) is 4.23. The van der Waals surface area contributed by atoms with E-state index >= 15 is 0 Å². The molecule has 11 nitrogen and oxygen atoms in total. The summed E-state index contributed by atoms with van der Waals surface area (Å²) < 4.78 is 5.77. The number of ether oxygens (including phenoxy) is 1. The van der Waals surface area contributed by atoms with Gasteiger partial charge in [0.25, 0.3) is 11.8 Å². The van der Waals surface area contributed by atoms with E-state index in [9.17, 15) is 24.3 Å². The number of imide groups is 2. The molecule has 0 bridgehead atoms. The van der Waals surface area contributed by atoms with E-state index in [2.05, 4.69) is 20.9 Å². The summed E-state index contributed by atoms with van der Waals surface area (Å²) in [6.07, 6.45) is 2.84. The van der Waals surface area contributed by atoms with Crippen LogP contribution in [0.3, 0.4) is 0 Å². The molecule has 1 aromatic carbocycles. The molecule has 2 fully saturated rings. The lowest BCUT2D eigenvalue weighted by atomic mass is 9.92. The van der Waals surface area contributed by atoms with Gasteiger partial charge in [0.05, 0.1) is 11.9 Å². The van der Waals surface area contributed by atoms with E-state index in [0.717, 1.165) is 18.4 Å². The second kappa shape index (κ2) is 10.1. The van der Waals surface area contributed by atoms with E-state index in [1.807, 2.05) is 19.1 Å². The zero-order chi connectivity index (χ0) is 25.0. The monoisotopic (exact) mass is 481 g/mol. The first kappa shape index (κ1) is 24.1. The molecular formula is C24H27N5O6. The molecular weight excluding hydrogens is 454 g/mol. The van der Waals surface area contributed by atoms with E-state index in [4.69, 9.17) is 4.74 Å². The minimum Gasteiger partial charge on any atom is -0.439 e. The number of nitrogens with one attached hydrogen (secondary N) is 3.